The van der Waals surface area contributed by atoms with Crippen LogP contribution in [-0.2, 0) is 41.4 Å². The zero-order chi connectivity index (χ0) is 39.1. The number of esters is 1. The highest BCUT2D eigenvalue weighted by molar-refractivity contribution is 6.99. The van der Waals surface area contributed by atoms with Crippen LogP contribution in [-0.4, -0.2) is 54.9 Å². The molecular weight excluding hydrogens is 713 g/mol. The van der Waals surface area contributed by atoms with E-state index in [1.807, 2.05) is 97.1 Å². The fourth-order valence-corrected chi connectivity index (χ4v) is 12.1. The molecule has 1 aliphatic rings. The van der Waals surface area contributed by atoms with E-state index in [1.165, 1.54) is 17.7 Å². The number of benzene rings is 4. The lowest BCUT2D eigenvalue weighted by molar-refractivity contribution is -0.165. The van der Waals surface area contributed by atoms with Crippen molar-refractivity contribution in [1.82, 2.24) is 9.55 Å². The average molecular weight is 763 g/mol. The normalized spacial score (nSPS) is 20.0. The molecule has 0 bridgehead atoms. The fraction of sp³-hybridized carbons (Fsp3) is 0.341. The molecule has 11 heteroatoms. The highest BCUT2D eigenvalue weighted by Crippen LogP contribution is 2.44. The Morgan fingerprint density at radius 2 is 1.35 bits per heavy atom. The Bertz CT molecular complexity index is 2080. The molecule has 4 aromatic carbocycles. The van der Waals surface area contributed by atoms with Gasteiger partial charge in [-0.05, 0) is 33.5 Å². The van der Waals surface area contributed by atoms with E-state index < -0.39 is 49.6 Å². The summed E-state index contributed by atoms with van der Waals surface area (Å²) in [5.41, 5.74) is -0.378. The van der Waals surface area contributed by atoms with E-state index in [-0.39, 0.29) is 37.9 Å². The summed E-state index contributed by atoms with van der Waals surface area (Å²) in [6.07, 6.45) is -1.52. The summed E-state index contributed by atoms with van der Waals surface area (Å²) in [5, 5.41) is 1.95. The number of hydrogen-bond acceptors (Lipinski definition) is 8. The molecule has 1 aliphatic heterocycles. The van der Waals surface area contributed by atoms with Crippen molar-refractivity contribution in [2.75, 3.05) is 13.2 Å². The van der Waals surface area contributed by atoms with Gasteiger partial charge in [0.25, 0.3) is 13.9 Å². The van der Waals surface area contributed by atoms with Gasteiger partial charge in [-0.25, -0.2) is 4.79 Å². The van der Waals surface area contributed by atoms with Gasteiger partial charge in [0.15, 0.2) is 12.3 Å². The molecule has 10 nitrogen and oxygen atoms in total. The number of carbonyl (C=O) groups is 1. The molecule has 4 atom stereocenters. The van der Waals surface area contributed by atoms with Gasteiger partial charge in [-0.1, -0.05) is 142 Å². The maximum atomic E-state index is 13.5. The van der Waals surface area contributed by atoms with Crippen molar-refractivity contribution in [2.45, 2.75) is 83.3 Å². The quantitative estimate of drug-likeness (QED) is 0.105. The number of aromatic amines is 1. The average Bonchev–Trinajstić information content (AvgIpc) is 3.46. The Balaban J connectivity index is 1.46. The largest absolute Gasteiger partial charge is 0.455 e. The van der Waals surface area contributed by atoms with Crippen molar-refractivity contribution in [2.24, 2.45) is 0 Å². The number of ether oxygens (including phenoxy) is 4. The highest BCUT2D eigenvalue weighted by atomic mass is 28.4. The van der Waals surface area contributed by atoms with Crippen LogP contribution in [0.15, 0.2) is 137 Å². The van der Waals surface area contributed by atoms with Crippen molar-refractivity contribution in [3.05, 3.63) is 165 Å². The lowest BCUT2D eigenvalue weighted by Gasteiger charge is -2.44. The van der Waals surface area contributed by atoms with Gasteiger partial charge in [0.05, 0.1) is 19.8 Å². The van der Waals surface area contributed by atoms with Gasteiger partial charge in [-0.3, -0.25) is 19.1 Å². The van der Waals surface area contributed by atoms with E-state index in [0.29, 0.717) is 5.56 Å². The molecule has 5 aromatic rings. The van der Waals surface area contributed by atoms with Gasteiger partial charge in [-0.15, -0.1) is 0 Å². The van der Waals surface area contributed by atoms with Gasteiger partial charge in [0.2, 0.25) is 0 Å². The molecule has 0 spiro atoms. The van der Waals surface area contributed by atoms with E-state index in [9.17, 15) is 14.4 Å². The summed E-state index contributed by atoms with van der Waals surface area (Å²) < 4.78 is 35.0. The van der Waals surface area contributed by atoms with E-state index in [4.69, 9.17) is 23.4 Å². The summed E-state index contributed by atoms with van der Waals surface area (Å²) in [6.45, 7) is 10.2. The number of aryl methyl sites for hydroxylation is 1. The number of nitrogens with zero attached hydrogens (tertiary/aromatic N) is 1. The lowest BCUT2D eigenvalue weighted by atomic mass is 9.92. The third-order valence-electron chi connectivity index (χ3n) is 10.2. The van der Waals surface area contributed by atoms with Gasteiger partial charge in [-0.2, -0.15) is 0 Å². The number of hydrogen-bond donors (Lipinski definition) is 1. The molecule has 6 rings (SSSR count). The smallest absolute Gasteiger partial charge is 0.330 e. The standard InChI is InChI=1S/C44H50N2O8Si/c1-32-28-46(42(49)45-40(32)48)41-38(53-33(2)47)39(51-30-35-20-12-7-13-21-35)44(54-41,31-50-29-34-18-10-6-11-19-34)26-27-52-55(43(3,4)5,36-22-14-8-15-23-36)37-24-16-9-17-25-37/h6-25,28,38-39,41H,26-27,29-31H2,1-5H3,(H,45,48,49)/t38-,39+,41?,44+/m0/s1. The van der Waals surface area contributed by atoms with Crippen LogP contribution in [0, 0.1) is 6.92 Å². The molecule has 1 N–H and O–H groups in total. The van der Waals surface area contributed by atoms with Crippen LogP contribution >= 0.6 is 0 Å². The highest BCUT2D eigenvalue weighted by Gasteiger charge is 2.59. The Hall–Kier alpha value is -4.91. The first kappa shape index (κ1) is 39.8. The summed E-state index contributed by atoms with van der Waals surface area (Å²) in [7, 11) is -3.00. The van der Waals surface area contributed by atoms with E-state index in [1.54, 1.807) is 6.92 Å². The fourth-order valence-electron chi connectivity index (χ4n) is 7.58. The number of rotatable bonds is 15. The molecule has 288 valence electrons. The molecule has 1 unspecified atom stereocenters. The first-order valence-corrected chi connectivity index (χ1v) is 20.5. The molecule has 0 amide bonds. The molecule has 55 heavy (non-hydrogen) atoms. The topological polar surface area (TPSA) is 118 Å². The summed E-state index contributed by atoms with van der Waals surface area (Å²) >= 11 is 0. The van der Waals surface area contributed by atoms with Crippen LogP contribution in [0.1, 0.15) is 57.0 Å². The number of H-pyrrole nitrogens is 1. The first-order chi connectivity index (χ1) is 26.4. The summed E-state index contributed by atoms with van der Waals surface area (Å²) in [5.74, 6) is -0.578. The van der Waals surface area contributed by atoms with Crippen molar-refractivity contribution in [1.29, 1.82) is 0 Å². The minimum absolute atomic E-state index is 0.0107. The Morgan fingerprint density at radius 1 is 0.818 bits per heavy atom. The van der Waals surface area contributed by atoms with Crippen LogP contribution in [0.4, 0.5) is 0 Å². The van der Waals surface area contributed by atoms with Crippen molar-refractivity contribution in [3.63, 3.8) is 0 Å². The predicted molar refractivity (Wildman–Crippen MR) is 214 cm³/mol. The second-order valence-corrected chi connectivity index (χ2v) is 19.4. The third-order valence-corrected chi connectivity index (χ3v) is 15.2. The van der Waals surface area contributed by atoms with Crippen LogP contribution < -0.4 is 21.6 Å². The van der Waals surface area contributed by atoms with Gasteiger partial charge < -0.3 is 23.4 Å². The third kappa shape index (κ3) is 8.82. The second kappa shape index (κ2) is 17.3. The predicted octanol–water partition coefficient (Wildman–Crippen LogP) is 5.81. The molecular formula is C44H50N2O8Si. The monoisotopic (exact) mass is 762 g/mol. The zero-order valence-corrected chi connectivity index (χ0v) is 33.1. The number of carbonyl (C=O) groups excluding carboxylic acids is 1. The summed E-state index contributed by atoms with van der Waals surface area (Å²) in [6, 6.07) is 40.2. The van der Waals surface area contributed by atoms with E-state index in [0.717, 1.165) is 21.5 Å². The molecule has 0 radical (unpaired) electrons. The number of nitrogens with one attached hydrogen (secondary N) is 1. The van der Waals surface area contributed by atoms with E-state index in [2.05, 4.69) is 50.0 Å². The Morgan fingerprint density at radius 3 is 1.87 bits per heavy atom. The molecule has 2 heterocycles. The molecule has 0 aliphatic carbocycles. The van der Waals surface area contributed by atoms with E-state index >= 15 is 0 Å². The van der Waals surface area contributed by atoms with Gasteiger partial charge in [0.1, 0.15) is 11.7 Å². The SMILES string of the molecule is CC(=O)O[C@@H]1C(n2cc(C)c(=O)[nH]c2=O)O[C@](CCO[Si](c2ccccc2)(c2ccccc2)C(C)(C)C)(COCc2ccccc2)[C@@H]1OCc1ccccc1. The van der Waals surface area contributed by atoms with Crippen molar-refractivity contribution in [3.8, 4) is 0 Å². The maximum absolute atomic E-state index is 13.5. The minimum Gasteiger partial charge on any atom is -0.455 e. The lowest BCUT2D eigenvalue weighted by Crippen LogP contribution is -2.67. The Kier molecular flexibility index (Phi) is 12.5. The van der Waals surface area contributed by atoms with Gasteiger partial charge >= 0.3 is 11.7 Å². The molecule has 1 saturated heterocycles. The first-order valence-electron chi connectivity index (χ1n) is 18.6. The minimum atomic E-state index is -3.00. The zero-order valence-electron chi connectivity index (χ0n) is 32.1. The van der Waals surface area contributed by atoms with Crippen LogP contribution in [0.5, 0.6) is 0 Å². The maximum Gasteiger partial charge on any atom is 0.330 e. The van der Waals surface area contributed by atoms with Gasteiger partial charge in [0, 0.05) is 31.7 Å². The molecule has 1 fully saturated rings. The molecule has 0 saturated carbocycles. The van der Waals surface area contributed by atoms with Crippen molar-refractivity contribution >= 4 is 24.7 Å². The van der Waals surface area contributed by atoms with Crippen LogP contribution in [0.25, 0.3) is 0 Å². The van der Waals surface area contributed by atoms with Crippen LogP contribution in [0.2, 0.25) is 5.04 Å². The molecule has 1 aromatic heterocycles. The second-order valence-electron chi connectivity index (χ2n) is 15.1. The van der Waals surface area contributed by atoms with Crippen LogP contribution in [0.3, 0.4) is 0 Å². The number of aromatic nitrogens is 2. The summed E-state index contributed by atoms with van der Waals surface area (Å²) in [4.78, 5) is 41.2. The Labute approximate surface area is 323 Å². The van der Waals surface area contributed by atoms with Crippen molar-refractivity contribution < 1.29 is 28.2 Å².